The topological polar surface area (TPSA) is 139 Å². The molecule has 0 radical (unpaired) electrons. The number of hydrogen-bond donors (Lipinski definition) is 4. The Morgan fingerprint density at radius 2 is 2.12 bits per heavy atom. The van der Waals surface area contributed by atoms with Gasteiger partial charge >= 0.3 is 6.08 Å². The highest BCUT2D eigenvalue weighted by Gasteiger charge is 2.68. The molecule has 13 heteroatoms. The number of aliphatic hydroxyl groups excluding tert-OH is 2. The van der Waals surface area contributed by atoms with Gasteiger partial charge in [-0.1, -0.05) is 0 Å². The standard InChI is InChI=1S/C11H11F4N5O4/c12-4-5(22)10(2-21,8(13)14)24-11(4,23)3-1-17-7-6(16)18-9(15)19-20(3)7/h1,4-5,8,21-23H,2H2,(H2,16,18,19)/t4-,5+,10-,11+/m1/s1. The van der Waals surface area contributed by atoms with Crippen molar-refractivity contribution >= 4 is 11.5 Å². The number of hydrogen-bond acceptors (Lipinski definition) is 8. The van der Waals surface area contributed by atoms with Crippen LogP contribution in [0.15, 0.2) is 6.20 Å². The molecular formula is C11H11F4N5O4. The number of aliphatic hydroxyl groups is 3. The van der Waals surface area contributed by atoms with Gasteiger partial charge in [0.15, 0.2) is 23.2 Å². The number of nitrogens with two attached hydrogens (primary N) is 1. The fourth-order valence-electron chi connectivity index (χ4n) is 2.55. The molecule has 24 heavy (non-hydrogen) atoms. The van der Waals surface area contributed by atoms with Crippen LogP contribution in [-0.2, 0) is 10.5 Å². The Hall–Kier alpha value is -2.09. The van der Waals surface area contributed by atoms with E-state index in [1.165, 1.54) is 0 Å². The van der Waals surface area contributed by atoms with E-state index in [0.717, 1.165) is 6.20 Å². The molecular weight excluding hydrogens is 342 g/mol. The summed E-state index contributed by atoms with van der Waals surface area (Å²) in [6.07, 6.45) is -9.56. The van der Waals surface area contributed by atoms with Crippen LogP contribution in [0.3, 0.4) is 0 Å². The van der Waals surface area contributed by atoms with Gasteiger partial charge in [-0.3, -0.25) is 0 Å². The van der Waals surface area contributed by atoms with Gasteiger partial charge in [0.2, 0.25) is 5.79 Å². The molecule has 0 amide bonds. The fourth-order valence-corrected chi connectivity index (χ4v) is 2.55. The third-order valence-electron chi connectivity index (χ3n) is 3.84. The first-order chi connectivity index (χ1) is 11.2. The number of nitrogens with zero attached hydrogens (tertiary/aromatic N) is 4. The van der Waals surface area contributed by atoms with Crippen molar-refractivity contribution in [2.75, 3.05) is 12.3 Å². The van der Waals surface area contributed by atoms with E-state index in [4.69, 9.17) is 10.8 Å². The second-order valence-electron chi connectivity index (χ2n) is 5.20. The number of halogens is 4. The number of alkyl halides is 3. The van der Waals surface area contributed by atoms with Crippen molar-refractivity contribution in [3.8, 4) is 0 Å². The Morgan fingerprint density at radius 1 is 1.46 bits per heavy atom. The summed E-state index contributed by atoms with van der Waals surface area (Å²) >= 11 is 0. The maximum absolute atomic E-state index is 14.4. The number of anilines is 1. The quantitative estimate of drug-likeness (QED) is 0.500. The van der Waals surface area contributed by atoms with Crippen LogP contribution in [0, 0.1) is 6.08 Å². The van der Waals surface area contributed by atoms with E-state index in [2.05, 4.69) is 19.8 Å². The maximum atomic E-state index is 14.4. The summed E-state index contributed by atoms with van der Waals surface area (Å²) in [6, 6.07) is 0. The number of imidazole rings is 1. The van der Waals surface area contributed by atoms with Crippen molar-refractivity contribution in [2.24, 2.45) is 0 Å². The number of rotatable bonds is 3. The van der Waals surface area contributed by atoms with Crippen molar-refractivity contribution in [1.82, 2.24) is 19.6 Å². The zero-order valence-electron chi connectivity index (χ0n) is 11.6. The largest absolute Gasteiger partial charge is 0.393 e. The van der Waals surface area contributed by atoms with Crippen LogP contribution < -0.4 is 5.73 Å². The van der Waals surface area contributed by atoms with Gasteiger partial charge in [-0.05, 0) is 0 Å². The summed E-state index contributed by atoms with van der Waals surface area (Å²) in [5.74, 6) is -3.65. The molecule has 1 aliphatic rings. The van der Waals surface area contributed by atoms with Gasteiger partial charge in [0.1, 0.15) is 11.8 Å². The van der Waals surface area contributed by atoms with Crippen LogP contribution in [0.2, 0.25) is 0 Å². The monoisotopic (exact) mass is 353 g/mol. The first-order valence-electron chi connectivity index (χ1n) is 6.48. The second kappa shape index (κ2) is 5.20. The van der Waals surface area contributed by atoms with Gasteiger partial charge in [0.25, 0.3) is 6.43 Å². The van der Waals surface area contributed by atoms with Crippen LogP contribution in [-0.4, -0.2) is 65.8 Å². The zero-order valence-corrected chi connectivity index (χ0v) is 11.6. The normalized spacial score (nSPS) is 33.7. The second-order valence-corrected chi connectivity index (χ2v) is 5.20. The molecule has 0 saturated carbocycles. The van der Waals surface area contributed by atoms with E-state index in [9.17, 15) is 27.8 Å². The Kier molecular flexibility index (Phi) is 3.63. The lowest BCUT2D eigenvalue weighted by Crippen LogP contribution is -2.51. The predicted octanol–water partition coefficient (Wildman–Crippen LogP) is -1.28. The molecule has 3 rings (SSSR count). The molecule has 2 aromatic rings. The van der Waals surface area contributed by atoms with Crippen LogP contribution in [0.1, 0.15) is 5.69 Å². The summed E-state index contributed by atoms with van der Waals surface area (Å²) in [7, 11) is 0. The summed E-state index contributed by atoms with van der Waals surface area (Å²) in [4.78, 5) is 6.80. The molecule has 3 heterocycles. The molecule has 0 spiro atoms. The lowest BCUT2D eigenvalue weighted by Gasteiger charge is -2.29. The van der Waals surface area contributed by atoms with Crippen molar-refractivity contribution in [1.29, 1.82) is 0 Å². The van der Waals surface area contributed by atoms with E-state index >= 15 is 0 Å². The third-order valence-corrected chi connectivity index (χ3v) is 3.84. The highest BCUT2D eigenvalue weighted by atomic mass is 19.3. The van der Waals surface area contributed by atoms with E-state index in [1.54, 1.807) is 0 Å². The highest BCUT2D eigenvalue weighted by molar-refractivity contribution is 5.59. The minimum absolute atomic E-state index is 0.302. The zero-order chi connectivity index (χ0) is 17.9. The summed E-state index contributed by atoms with van der Waals surface area (Å²) < 4.78 is 59.3. The smallest absolute Gasteiger partial charge is 0.328 e. The highest BCUT2D eigenvalue weighted by Crippen LogP contribution is 2.47. The Bertz CT molecular complexity index is 791. The fraction of sp³-hybridized carbons (Fsp3) is 0.545. The number of nitrogen functional groups attached to an aromatic ring is 1. The van der Waals surface area contributed by atoms with Gasteiger partial charge in [-0.25, -0.2) is 22.7 Å². The maximum Gasteiger partial charge on any atom is 0.328 e. The number of ether oxygens (including phenoxy) is 1. The molecule has 0 unspecified atom stereocenters. The Labute approximate surface area is 130 Å². The average molecular weight is 353 g/mol. The van der Waals surface area contributed by atoms with Crippen molar-refractivity contribution in [3.05, 3.63) is 18.0 Å². The van der Waals surface area contributed by atoms with Crippen molar-refractivity contribution in [2.45, 2.75) is 30.1 Å². The first kappa shape index (κ1) is 16.8. The molecule has 5 N–H and O–H groups in total. The van der Waals surface area contributed by atoms with Crippen molar-refractivity contribution < 1.29 is 37.6 Å². The predicted molar refractivity (Wildman–Crippen MR) is 66.9 cm³/mol. The summed E-state index contributed by atoms with van der Waals surface area (Å²) in [5, 5.41) is 32.5. The van der Waals surface area contributed by atoms with Gasteiger partial charge in [-0.2, -0.15) is 9.37 Å². The van der Waals surface area contributed by atoms with Crippen molar-refractivity contribution in [3.63, 3.8) is 0 Å². The van der Waals surface area contributed by atoms with E-state index < -0.39 is 54.3 Å². The molecule has 4 atom stereocenters. The van der Waals surface area contributed by atoms with Gasteiger partial charge in [0.05, 0.1) is 12.8 Å². The summed E-state index contributed by atoms with van der Waals surface area (Å²) in [6.45, 7) is -1.49. The molecule has 132 valence electrons. The van der Waals surface area contributed by atoms with Crippen LogP contribution in [0.25, 0.3) is 5.65 Å². The van der Waals surface area contributed by atoms with E-state index in [1.807, 2.05) is 0 Å². The molecule has 1 saturated heterocycles. The van der Waals surface area contributed by atoms with Crippen LogP contribution >= 0.6 is 0 Å². The molecule has 2 aromatic heterocycles. The van der Waals surface area contributed by atoms with E-state index in [-0.39, 0.29) is 5.65 Å². The van der Waals surface area contributed by atoms with Gasteiger partial charge < -0.3 is 25.8 Å². The lowest BCUT2D eigenvalue weighted by molar-refractivity contribution is -0.284. The van der Waals surface area contributed by atoms with Crippen LogP contribution in [0.5, 0.6) is 0 Å². The Balaban J connectivity index is 2.19. The minimum atomic E-state index is -3.54. The third kappa shape index (κ3) is 1.98. The minimum Gasteiger partial charge on any atom is -0.393 e. The van der Waals surface area contributed by atoms with Gasteiger partial charge in [-0.15, -0.1) is 5.10 Å². The summed E-state index contributed by atoms with van der Waals surface area (Å²) in [5.41, 5.74) is 1.30. The lowest BCUT2D eigenvalue weighted by atomic mass is 9.95. The molecule has 0 aliphatic carbocycles. The van der Waals surface area contributed by atoms with Crippen LogP contribution in [0.4, 0.5) is 23.4 Å². The molecule has 1 aliphatic heterocycles. The molecule has 1 fully saturated rings. The SMILES string of the molecule is Nc1nc(F)nn2c([C@]3(O)O[C@@](CO)(C(F)F)[C@@H](O)[C@H]3F)cnc12. The number of fused-ring (bicyclic) bond motifs is 1. The molecule has 0 aromatic carbocycles. The van der Waals surface area contributed by atoms with E-state index in [0.29, 0.717) is 4.52 Å². The first-order valence-corrected chi connectivity index (χ1v) is 6.48. The Morgan fingerprint density at radius 3 is 2.67 bits per heavy atom. The molecule has 9 nitrogen and oxygen atoms in total. The molecule has 0 bridgehead atoms. The average Bonchev–Trinajstić information content (AvgIpc) is 3.02. The van der Waals surface area contributed by atoms with Gasteiger partial charge in [0, 0.05) is 0 Å². The number of aromatic nitrogens is 4.